The second-order valence-electron chi connectivity index (χ2n) is 15.4. The van der Waals surface area contributed by atoms with Gasteiger partial charge in [-0.2, -0.15) is 0 Å². The summed E-state index contributed by atoms with van der Waals surface area (Å²) in [6.07, 6.45) is 0. The van der Waals surface area contributed by atoms with Gasteiger partial charge in [-0.15, -0.1) is 11.3 Å². The summed E-state index contributed by atoms with van der Waals surface area (Å²) in [6, 6.07) is 82.5. The van der Waals surface area contributed by atoms with Gasteiger partial charge in [-0.1, -0.05) is 176 Å². The van der Waals surface area contributed by atoms with Crippen molar-refractivity contribution < 1.29 is 0 Å². The summed E-state index contributed by atoms with van der Waals surface area (Å²) in [4.78, 5) is 10.8. The number of aromatic nitrogens is 2. The minimum Gasteiger partial charge on any atom is -0.226 e. The largest absolute Gasteiger partial charge is 0.226 e. The Hall–Kier alpha value is -7.72. The van der Waals surface area contributed by atoms with E-state index in [2.05, 4.69) is 231 Å². The first-order valence-electron chi connectivity index (χ1n) is 20.6. The lowest BCUT2D eigenvalue weighted by molar-refractivity contribution is 1.24. The van der Waals surface area contributed by atoms with Gasteiger partial charge in [0.05, 0.1) is 15.9 Å². The van der Waals surface area contributed by atoms with Crippen molar-refractivity contribution in [2.45, 2.75) is 0 Å². The van der Waals surface area contributed by atoms with Crippen LogP contribution in [0.5, 0.6) is 0 Å². The molecular formula is C58H38N2S. The van der Waals surface area contributed by atoms with E-state index < -0.39 is 0 Å². The van der Waals surface area contributed by atoms with Gasteiger partial charge >= 0.3 is 0 Å². The summed E-state index contributed by atoms with van der Waals surface area (Å²) >= 11 is 1.76. The van der Waals surface area contributed by atoms with Crippen LogP contribution >= 0.6 is 11.3 Å². The van der Waals surface area contributed by atoms with E-state index in [1.165, 1.54) is 38.1 Å². The molecule has 0 saturated heterocycles. The minimum absolute atomic E-state index is 0.709. The molecule has 11 rings (SSSR count). The molecule has 0 aliphatic carbocycles. The van der Waals surface area contributed by atoms with Crippen LogP contribution in [0.15, 0.2) is 231 Å². The Balaban J connectivity index is 1.08. The number of rotatable bonds is 8. The van der Waals surface area contributed by atoms with Gasteiger partial charge in [0.1, 0.15) is 0 Å². The zero-order valence-electron chi connectivity index (χ0n) is 33.2. The van der Waals surface area contributed by atoms with Crippen molar-refractivity contribution in [1.82, 2.24) is 9.97 Å². The lowest BCUT2D eigenvalue weighted by Gasteiger charge is -2.15. The first-order chi connectivity index (χ1) is 30.2. The second kappa shape index (κ2) is 15.8. The fraction of sp³-hybridized carbons (Fsp3) is 0. The Morgan fingerprint density at radius 3 is 1.13 bits per heavy atom. The molecule has 2 heterocycles. The van der Waals surface area contributed by atoms with Crippen LogP contribution in [0, 0.1) is 0 Å². The summed E-state index contributed by atoms with van der Waals surface area (Å²) in [5.41, 5.74) is 17.9. The SMILES string of the molecule is c1ccc(-c2cc(-c3ccccc3)cc(-c3cc(-c4ccccc4)cc(-c4cccc(-c5nc(-c6cccc(-c7ccccc7)c6)c6sc7ccccc7c6n5)c4)c3)c2)cc1. The predicted octanol–water partition coefficient (Wildman–Crippen LogP) is 16.2. The smallest absolute Gasteiger partial charge is 0.160 e. The molecule has 0 fully saturated rings. The third-order valence-electron chi connectivity index (χ3n) is 11.4. The van der Waals surface area contributed by atoms with Gasteiger partial charge < -0.3 is 0 Å². The van der Waals surface area contributed by atoms with Crippen molar-refractivity contribution >= 4 is 31.6 Å². The summed E-state index contributed by atoms with van der Waals surface area (Å²) in [6.45, 7) is 0. The third kappa shape index (κ3) is 7.22. The maximum absolute atomic E-state index is 5.41. The Morgan fingerprint density at radius 2 is 0.607 bits per heavy atom. The highest BCUT2D eigenvalue weighted by Crippen LogP contribution is 2.42. The van der Waals surface area contributed by atoms with E-state index in [0.29, 0.717) is 5.82 Å². The van der Waals surface area contributed by atoms with Crippen LogP contribution in [0.1, 0.15) is 0 Å². The Labute approximate surface area is 359 Å². The first-order valence-corrected chi connectivity index (χ1v) is 21.4. The molecular weight excluding hydrogens is 757 g/mol. The second-order valence-corrected chi connectivity index (χ2v) is 16.4. The number of fused-ring (bicyclic) bond motifs is 3. The van der Waals surface area contributed by atoms with E-state index in [1.807, 2.05) is 0 Å². The summed E-state index contributed by atoms with van der Waals surface area (Å²) in [7, 11) is 0. The molecule has 0 N–H and O–H groups in total. The highest BCUT2D eigenvalue weighted by Gasteiger charge is 2.18. The molecule has 0 unspecified atom stereocenters. The molecule has 61 heavy (non-hydrogen) atoms. The lowest BCUT2D eigenvalue weighted by atomic mass is 9.89. The van der Waals surface area contributed by atoms with Crippen LogP contribution in [0.3, 0.4) is 0 Å². The van der Waals surface area contributed by atoms with Crippen molar-refractivity contribution in [3.05, 3.63) is 231 Å². The van der Waals surface area contributed by atoms with E-state index in [9.17, 15) is 0 Å². The van der Waals surface area contributed by atoms with Gasteiger partial charge in [-0.05, 0) is 121 Å². The van der Waals surface area contributed by atoms with Gasteiger partial charge in [0.15, 0.2) is 5.82 Å². The Bertz CT molecular complexity index is 3280. The van der Waals surface area contributed by atoms with Crippen molar-refractivity contribution in [2.75, 3.05) is 0 Å². The van der Waals surface area contributed by atoms with Crippen molar-refractivity contribution in [1.29, 1.82) is 0 Å². The van der Waals surface area contributed by atoms with Crippen LogP contribution in [0.25, 0.3) is 110 Å². The van der Waals surface area contributed by atoms with Gasteiger partial charge in [0.25, 0.3) is 0 Å². The van der Waals surface area contributed by atoms with Crippen LogP contribution in [-0.4, -0.2) is 9.97 Å². The quantitative estimate of drug-likeness (QED) is 0.153. The van der Waals surface area contributed by atoms with Crippen LogP contribution in [0.2, 0.25) is 0 Å². The van der Waals surface area contributed by atoms with Gasteiger partial charge in [0.2, 0.25) is 0 Å². The van der Waals surface area contributed by atoms with Crippen LogP contribution in [-0.2, 0) is 0 Å². The number of hydrogen-bond donors (Lipinski definition) is 0. The molecule has 0 amide bonds. The zero-order valence-corrected chi connectivity index (χ0v) is 34.1. The number of hydrogen-bond acceptors (Lipinski definition) is 3. The maximum Gasteiger partial charge on any atom is 0.160 e. The van der Waals surface area contributed by atoms with Gasteiger partial charge in [-0.25, -0.2) is 9.97 Å². The van der Waals surface area contributed by atoms with E-state index in [0.717, 1.165) is 65.8 Å². The highest BCUT2D eigenvalue weighted by molar-refractivity contribution is 7.26. The molecule has 0 bridgehead atoms. The number of thiophene rings is 1. The monoisotopic (exact) mass is 794 g/mol. The standard InChI is InChI=1S/C58H38N2S/c1-5-17-39(18-6-1)43-25-15-27-45(31-43)55-57-56(53-29-13-14-30-54(53)61-57)60-58(59-55)46-28-16-26-44(32-46)50-34-49(42-23-11-4-12-24-42)37-52(38-50)51-35-47(40-19-7-2-8-20-40)33-48(36-51)41-21-9-3-10-22-41/h1-38H. The minimum atomic E-state index is 0.709. The summed E-state index contributed by atoms with van der Waals surface area (Å²) in [5, 5.41) is 1.15. The molecule has 2 nitrogen and oxygen atoms in total. The average molecular weight is 795 g/mol. The fourth-order valence-corrected chi connectivity index (χ4v) is 9.53. The topological polar surface area (TPSA) is 25.8 Å². The normalized spacial score (nSPS) is 11.3. The van der Waals surface area contributed by atoms with E-state index in [-0.39, 0.29) is 0 Å². The maximum atomic E-state index is 5.41. The van der Waals surface area contributed by atoms with Crippen LogP contribution < -0.4 is 0 Å². The Morgan fingerprint density at radius 1 is 0.262 bits per heavy atom. The van der Waals surface area contributed by atoms with Crippen LogP contribution in [0.4, 0.5) is 0 Å². The third-order valence-corrected chi connectivity index (χ3v) is 12.6. The molecule has 9 aromatic carbocycles. The van der Waals surface area contributed by atoms with E-state index in [1.54, 1.807) is 11.3 Å². The Kier molecular flexibility index (Phi) is 9.42. The fourth-order valence-electron chi connectivity index (χ4n) is 8.38. The number of nitrogens with zero attached hydrogens (tertiary/aromatic N) is 2. The van der Waals surface area contributed by atoms with Gasteiger partial charge in [0, 0.05) is 21.2 Å². The van der Waals surface area contributed by atoms with Gasteiger partial charge in [-0.3, -0.25) is 0 Å². The van der Waals surface area contributed by atoms with E-state index >= 15 is 0 Å². The lowest BCUT2D eigenvalue weighted by Crippen LogP contribution is -1.94. The molecule has 0 aliphatic rings. The zero-order chi connectivity index (χ0) is 40.5. The molecule has 0 atom stereocenters. The molecule has 0 saturated carbocycles. The van der Waals surface area contributed by atoms with E-state index in [4.69, 9.17) is 9.97 Å². The average Bonchev–Trinajstić information content (AvgIpc) is 3.73. The molecule has 0 spiro atoms. The first kappa shape index (κ1) is 36.4. The summed E-state index contributed by atoms with van der Waals surface area (Å²) in [5.74, 6) is 0.709. The molecule has 0 radical (unpaired) electrons. The molecule has 2 aromatic heterocycles. The molecule has 3 heteroatoms. The predicted molar refractivity (Wildman–Crippen MR) is 258 cm³/mol. The van der Waals surface area contributed by atoms with Crippen molar-refractivity contribution in [3.8, 4) is 89.4 Å². The number of benzene rings is 9. The van der Waals surface area contributed by atoms with Crippen molar-refractivity contribution in [3.63, 3.8) is 0 Å². The molecule has 286 valence electrons. The van der Waals surface area contributed by atoms with Crippen molar-refractivity contribution in [2.24, 2.45) is 0 Å². The molecule has 11 aromatic rings. The summed E-state index contributed by atoms with van der Waals surface area (Å²) < 4.78 is 2.30. The highest BCUT2D eigenvalue weighted by atomic mass is 32.1. The molecule has 0 aliphatic heterocycles.